The van der Waals surface area contributed by atoms with Crippen LogP contribution in [0.5, 0.6) is 0 Å². The molecule has 70 valence electrons. The molecule has 0 fully saturated rings. The van der Waals surface area contributed by atoms with Crippen LogP contribution < -0.4 is 10.2 Å². The van der Waals surface area contributed by atoms with E-state index in [0.29, 0.717) is 10.1 Å². The second kappa shape index (κ2) is 4.44. The molecule has 1 rings (SSSR count). The molecule has 0 atom stereocenters. The van der Waals surface area contributed by atoms with Crippen LogP contribution >= 0.6 is 23.8 Å². The number of thiocarbonyl (C=S) groups is 1. The molecule has 0 aliphatic carbocycles. The summed E-state index contributed by atoms with van der Waals surface area (Å²) >= 11 is 11.1. The molecule has 0 radical (unpaired) electrons. The Kier molecular flexibility index (Phi) is 3.51. The lowest BCUT2D eigenvalue weighted by Crippen LogP contribution is -2.34. The number of benzene rings is 1. The van der Waals surface area contributed by atoms with E-state index in [2.05, 4.69) is 5.32 Å². The van der Waals surface area contributed by atoms with Gasteiger partial charge in [0.15, 0.2) is 5.11 Å². The van der Waals surface area contributed by atoms with Crippen molar-refractivity contribution in [1.29, 1.82) is 0 Å². The number of para-hydroxylation sites is 1. The Morgan fingerprint density at radius 2 is 2.08 bits per heavy atom. The second-order valence-electron chi connectivity index (χ2n) is 2.57. The number of hydrogen-bond acceptors (Lipinski definition) is 1. The van der Waals surface area contributed by atoms with E-state index in [1.807, 2.05) is 36.2 Å². The van der Waals surface area contributed by atoms with Gasteiger partial charge in [0, 0.05) is 14.1 Å². The molecule has 0 aromatic heterocycles. The molecule has 0 aliphatic heterocycles. The topological polar surface area (TPSA) is 15.3 Å². The van der Waals surface area contributed by atoms with Gasteiger partial charge in [-0.05, 0) is 24.4 Å². The minimum atomic E-state index is 0.646. The predicted octanol–water partition coefficient (Wildman–Crippen LogP) is 2.28. The minimum Gasteiger partial charge on any atom is -0.365 e. The van der Waals surface area contributed by atoms with Crippen LogP contribution in [0.3, 0.4) is 0 Å². The fourth-order valence-electron chi connectivity index (χ4n) is 1.00. The first-order valence-electron chi connectivity index (χ1n) is 3.86. The molecule has 13 heavy (non-hydrogen) atoms. The molecular formula is C9H11ClN2S. The molecule has 1 N–H and O–H groups in total. The standard InChI is InChI=1S/C9H11ClN2S/c1-11-9(13)12(2)8-6-4-3-5-7(8)10/h3-6H,1-2H3,(H,11,13). The van der Waals surface area contributed by atoms with Crippen molar-refractivity contribution >= 4 is 34.6 Å². The lowest BCUT2D eigenvalue weighted by Gasteiger charge is -2.20. The summed E-state index contributed by atoms with van der Waals surface area (Å²) in [5, 5.41) is 4.23. The van der Waals surface area contributed by atoms with E-state index in [1.165, 1.54) is 0 Å². The number of anilines is 1. The van der Waals surface area contributed by atoms with Crippen LogP contribution in [0.25, 0.3) is 0 Å². The van der Waals surface area contributed by atoms with Gasteiger partial charge in [-0.2, -0.15) is 0 Å². The fraction of sp³-hybridized carbons (Fsp3) is 0.222. The lowest BCUT2D eigenvalue weighted by atomic mass is 10.3. The third kappa shape index (κ3) is 2.32. The van der Waals surface area contributed by atoms with Crippen molar-refractivity contribution in [2.75, 3.05) is 19.0 Å². The summed E-state index contributed by atoms with van der Waals surface area (Å²) in [7, 11) is 3.66. The molecule has 1 aromatic rings. The predicted molar refractivity (Wildman–Crippen MR) is 61.5 cm³/mol. The van der Waals surface area contributed by atoms with Crippen molar-refractivity contribution in [3.63, 3.8) is 0 Å². The summed E-state index contributed by atoms with van der Waals surface area (Å²) in [4.78, 5) is 1.83. The SMILES string of the molecule is CNC(=S)N(C)c1ccccc1Cl. The van der Waals surface area contributed by atoms with E-state index in [4.69, 9.17) is 23.8 Å². The van der Waals surface area contributed by atoms with Crippen LogP contribution in [0.1, 0.15) is 0 Å². The molecule has 2 nitrogen and oxygen atoms in total. The Balaban J connectivity index is 2.95. The molecule has 0 saturated carbocycles. The normalized spacial score (nSPS) is 9.46. The van der Waals surface area contributed by atoms with E-state index >= 15 is 0 Å². The van der Waals surface area contributed by atoms with Crippen LogP contribution in [0.4, 0.5) is 5.69 Å². The van der Waals surface area contributed by atoms with E-state index in [-0.39, 0.29) is 0 Å². The average molecular weight is 215 g/mol. The van der Waals surface area contributed by atoms with Gasteiger partial charge < -0.3 is 10.2 Å². The number of hydrogen-bond donors (Lipinski definition) is 1. The summed E-state index contributed by atoms with van der Waals surface area (Å²) in [6.07, 6.45) is 0. The van der Waals surface area contributed by atoms with Gasteiger partial charge in [0.2, 0.25) is 0 Å². The highest BCUT2D eigenvalue weighted by molar-refractivity contribution is 7.80. The van der Waals surface area contributed by atoms with E-state index in [0.717, 1.165) is 5.69 Å². The van der Waals surface area contributed by atoms with Gasteiger partial charge >= 0.3 is 0 Å². The van der Waals surface area contributed by atoms with E-state index in [9.17, 15) is 0 Å². The number of rotatable bonds is 1. The zero-order chi connectivity index (χ0) is 9.84. The third-order valence-electron chi connectivity index (χ3n) is 1.73. The largest absolute Gasteiger partial charge is 0.365 e. The van der Waals surface area contributed by atoms with Crippen LogP contribution in [0, 0.1) is 0 Å². The zero-order valence-corrected chi connectivity index (χ0v) is 9.12. The lowest BCUT2D eigenvalue weighted by molar-refractivity contribution is 1.12. The van der Waals surface area contributed by atoms with Gasteiger partial charge in [0.25, 0.3) is 0 Å². The van der Waals surface area contributed by atoms with Crippen molar-refractivity contribution in [2.45, 2.75) is 0 Å². The first kappa shape index (κ1) is 10.3. The molecule has 0 heterocycles. The van der Waals surface area contributed by atoms with Gasteiger partial charge in [0.1, 0.15) is 0 Å². The van der Waals surface area contributed by atoms with Gasteiger partial charge in [-0.3, -0.25) is 0 Å². The fourth-order valence-corrected chi connectivity index (χ4v) is 1.36. The minimum absolute atomic E-state index is 0.646. The molecule has 0 saturated heterocycles. The molecule has 0 amide bonds. The number of nitrogens with zero attached hydrogens (tertiary/aromatic N) is 1. The maximum Gasteiger partial charge on any atom is 0.172 e. The van der Waals surface area contributed by atoms with Crippen LogP contribution in [0.2, 0.25) is 5.02 Å². The summed E-state index contributed by atoms with van der Waals surface area (Å²) in [6, 6.07) is 7.58. The van der Waals surface area contributed by atoms with Gasteiger partial charge in [-0.25, -0.2) is 0 Å². The highest BCUT2D eigenvalue weighted by atomic mass is 35.5. The first-order valence-corrected chi connectivity index (χ1v) is 4.65. The molecule has 0 bridgehead atoms. The summed E-state index contributed by atoms with van der Waals surface area (Å²) in [5.41, 5.74) is 0.906. The van der Waals surface area contributed by atoms with Gasteiger partial charge in [0.05, 0.1) is 10.7 Å². The summed E-state index contributed by atoms with van der Waals surface area (Å²) < 4.78 is 0. The Bertz CT molecular complexity index is 314. The monoisotopic (exact) mass is 214 g/mol. The first-order chi connectivity index (χ1) is 6.16. The van der Waals surface area contributed by atoms with E-state index < -0.39 is 0 Å². The van der Waals surface area contributed by atoms with Crippen LogP contribution in [-0.2, 0) is 0 Å². The van der Waals surface area contributed by atoms with Crippen LogP contribution in [-0.4, -0.2) is 19.2 Å². The maximum absolute atomic E-state index is 5.99. The Morgan fingerprint density at radius 1 is 1.46 bits per heavy atom. The highest BCUT2D eigenvalue weighted by Crippen LogP contribution is 2.23. The van der Waals surface area contributed by atoms with Crippen LogP contribution in [0.15, 0.2) is 24.3 Å². The molecule has 0 spiro atoms. The molecule has 1 aromatic carbocycles. The Morgan fingerprint density at radius 3 is 2.62 bits per heavy atom. The molecular weight excluding hydrogens is 204 g/mol. The van der Waals surface area contributed by atoms with Crippen molar-refractivity contribution in [3.8, 4) is 0 Å². The van der Waals surface area contributed by atoms with Gasteiger partial charge in [-0.15, -0.1) is 0 Å². The summed E-state index contributed by atoms with van der Waals surface area (Å²) in [5.74, 6) is 0. The maximum atomic E-state index is 5.99. The van der Waals surface area contributed by atoms with Crippen molar-refractivity contribution in [3.05, 3.63) is 29.3 Å². The number of nitrogens with one attached hydrogen (secondary N) is 1. The van der Waals surface area contributed by atoms with E-state index in [1.54, 1.807) is 7.05 Å². The molecule has 4 heteroatoms. The smallest absolute Gasteiger partial charge is 0.172 e. The van der Waals surface area contributed by atoms with Gasteiger partial charge in [-0.1, -0.05) is 23.7 Å². The quantitative estimate of drug-likeness (QED) is 0.723. The van der Waals surface area contributed by atoms with Crippen molar-refractivity contribution in [2.24, 2.45) is 0 Å². The molecule has 0 aliphatic rings. The second-order valence-corrected chi connectivity index (χ2v) is 3.36. The summed E-state index contributed by atoms with van der Waals surface area (Å²) in [6.45, 7) is 0. The average Bonchev–Trinajstić information content (AvgIpc) is 2.16. The van der Waals surface area contributed by atoms with Crippen molar-refractivity contribution in [1.82, 2.24) is 5.32 Å². The Hall–Kier alpha value is -0.800. The third-order valence-corrected chi connectivity index (χ3v) is 2.53. The number of halogens is 1. The highest BCUT2D eigenvalue weighted by Gasteiger charge is 2.07. The zero-order valence-electron chi connectivity index (χ0n) is 7.54. The Labute approximate surface area is 88.5 Å². The molecule has 0 unspecified atom stereocenters. The van der Waals surface area contributed by atoms with Crippen molar-refractivity contribution < 1.29 is 0 Å².